The predicted molar refractivity (Wildman–Crippen MR) is 54.1 cm³/mol. The quantitative estimate of drug-likeness (QED) is 0.500. The molecular weight excluding hydrogens is 170 g/mol. The van der Waals surface area contributed by atoms with E-state index in [2.05, 4.69) is 11.6 Å². The molecule has 0 bridgehead atoms. The van der Waals surface area contributed by atoms with E-state index in [4.69, 9.17) is 11.6 Å². The van der Waals surface area contributed by atoms with Crippen molar-refractivity contribution in [1.82, 2.24) is 0 Å². The van der Waals surface area contributed by atoms with Gasteiger partial charge >= 0.3 is 0 Å². The summed E-state index contributed by atoms with van der Waals surface area (Å²) in [7, 11) is 0. The normalized spacial score (nSPS) is 10.4. The second-order valence-corrected chi connectivity index (χ2v) is 2.71. The Labute approximate surface area is 77.4 Å². The van der Waals surface area contributed by atoms with Crippen molar-refractivity contribution in [2.75, 3.05) is 6.54 Å². The second-order valence-electron chi connectivity index (χ2n) is 2.30. The molecule has 0 radical (unpaired) electrons. The van der Waals surface area contributed by atoms with Crippen LogP contribution in [0.3, 0.4) is 0 Å². The van der Waals surface area contributed by atoms with Gasteiger partial charge in [0.05, 0.1) is 6.54 Å². The summed E-state index contributed by atoms with van der Waals surface area (Å²) in [6.07, 6.45) is 3.50. The number of halogens is 1. The lowest BCUT2D eigenvalue weighted by atomic mass is 10.2. The molecule has 1 nitrogen and oxygen atoms in total. The summed E-state index contributed by atoms with van der Waals surface area (Å²) in [5.74, 6) is 0. The van der Waals surface area contributed by atoms with Crippen molar-refractivity contribution < 1.29 is 0 Å². The average molecular weight is 180 g/mol. The van der Waals surface area contributed by atoms with E-state index in [0.29, 0.717) is 6.54 Å². The van der Waals surface area contributed by atoms with Gasteiger partial charge in [0.15, 0.2) is 0 Å². The summed E-state index contributed by atoms with van der Waals surface area (Å²) in [6.45, 7) is 4.20. The van der Waals surface area contributed by atoms with Crippen molar-refractivity contribution in [2.24, 2.45) is 4.99 Å². The average Bonchev–Trinajstić information content (AvgIpc) is 2.09. The molecule has 0 saturated heterocycles. The van der Waals surface area contributed by atoms with E-state index >= 15 is 0 Å². The van der Waals surface area contributed by atoms with Gasteiger partial charge in [-0.15, -0.1) is 6.58 Å². The SMILES string of the molecule is C=CCN=Cc1ccccc1Cl. The van der Waals surface area contributed by atoms with Gasteiger partial charge in [-0.05, 0) is 6.07 Å². The van der Waals surface area contributed by atoms with E-state index in [-0.39, 0.29) is 0 Å². The maximum Gasteiger partial charge on any atom is 0.0567 e. The van der Waals surface area contributed by atoms with Crippen LogP contribution in [0.4, 0.5) is 0 Å². The predicted octanol–water partition coefficient (Wildman–Crippen LogP) is 2.94. The highest BCUT2D eigenvalue weighted by Crippen LogP contribution is 2.12. The smallest absolute Gasteiger partial charge is 0.0567 e. The minimum atomic E-state index is 0.630. The minimum absolute atomic E-state index is 0.630. The van der Waals surface area contributed by atoms with Crippen LogP contribution in [0.5, 0.6) is 0 Å². The van der Waals surface area contributed by atoms with E-state index in [9.17, 15) is 0 Å². The molecule has 0 fully saturated rings. The Morgan fingerprint density at radius 2 is 2.17 bits per heavy atom. The Bertz CT molecular complexity index is 292. The largest absolute Gasteiger partial charge is 0.288 e. The molecule has 0 aliphatic carbocycles. The van der Waals surface area contributed by atoms with Crippen LogP contribution in [0.25, 0.3) is 0 Å². The van der Waals surface area contributed by atoms with E-state index in [1.807, 2.05) is 24.3 Å². The van der Waals surface area contributed by atoms with E-state index in [0.717, 1.165) is 10.6 Å². The molecule has 0 amide bonds. The molecule has 0 aliphatic rings. The van der Waals surface area contributed by atoms with Crippen LogP contribution in [-0.2, 0) is 0 Å². The Morgan fingerprint density at radius 3 is 2.83 bits per heavy atom. The summed E-state index contributed by atoms with van der Waals surface area (Å²) < 4.78 is 0. The van der Waals surface area contributed by atoms with Gasteiger partial charge in [-0.25, -0.2) is 0 Å². The van der Waals surface area contributed by atoms with Gasteiger partial charge < -0.3 is 0 Å². The number of aliphatic imine (C=N–C) groups is 1. The highest BCUT2D eigenvalue weighted by Gasteiger charge is 1.92. The first kappa shape index (κ1) is 9.01. The van der Waals surface area contributed by atoms with Gasteiger partial charge in [0.2, 0.25) is 0 Å². The van der Waals surface area contributed by atoms with Gasteiger partial charge in [0.25, 0.3) is 0 Å². The van der Waals surface area contributed by atoms with Crippen molar-refractivity contribution in [3.63, 3.8) is 0 Å². The molecule has 0 unspecified atom stereocenters. The molecule has 62 valence electrons. The lowest BCUT2D eigenvalue weighted by Crippen LogP contribution is -1.82. The summed E-state index contributed by atoms with van der Waals surface area (Å²) in [5, 5.41) is 0.727. The van der Waals surface area contributed by atoms with Gasteiger partial charge in [-0.2, -0.15) is 0 Å². The fourth-order valence-electron chi connectivity index (χ4n) is 0.805. The van der Waals surface area contributed by atoms with Crippen LogP contribution in [0.1, 0.15) is 5.56 Å². The standard InChI is InChI=1S/C10H10ClN/c1-2-7-12-8-9-5-3-4-6-10(9)11/h2-6,8H,1,7H2. The third kappa shape index (κ3) is 2.51. The third-order valence-electron chi connectivity index (χ3n) is 1.37. The first-order valence-electron chi connectivity index (χ1n) is 3.70. The molecule has 0 aliphatic heterocycles. The summed E-state index contributed by atoms with van der Waals surface area (Å²) in [5.41, 5.74) is 0.945. The highest BCUT2D eigenvalue weighted by molar-refractivity contribution is 6.33. The van der Waals surface area contributed by atoms with Crippen molar-refractivity contribution in [1.29, 1.82) is 0 Å². The molecule has 0 aromatic heterocycles. The van der Waals surface area contributed by atoms with Gasteiger partial charge in [0, 0.05) is 16.8 Å². The number of benzene rings is 1. The Hall–Kier alpha value is -1.08. The molecule has 0 spiro atoms. The molecule has 12 heavy (non-hydrogen) atoms. The first-order valence-corrected chi connectivity index (χ1v) is 4.07. The molecule has 1 aromatic rings. The zero-order valence-electron chi connectivity index (χ0n) is 6.70. The van der Waals surface area contributed by atoms with Crippen LogP contribution in [0, 0.1) is 0 Å². The van der Waals surface area contributed by atoms with Crippen LogP contribution in [0.2, 0.25) is 5.02 Å². The molecule has 0 heterocycles. The lowest BCUT2D eigenvalue weighted by Gasteiger charge is -1.94. The first-order chi connectivity index (χ1) is 5.84. The van der Waals surface area contributed by atoms with Crippen LogP contribution in [-0.4, -0.2) is 12.8 Å². The molecule has 0 saturated carbocycles. The van der Waals surface area contributed by atoms with Crippen LogP contribution < -0.4 is 0 Å². The van der Waals surface area contributed by atoms with Crippen LogP contribution >= 0.6 is 11.6 Å². The topological polar surface area (TPSA) is 12.4 Å². The molecular formula is C10H10ClN. The fraction of sp³-hybridized carbons (Fsp3) is 0.100. The maximum absolute atomic E-state index is 5.89. The van der Waals surface area contributed by atoms with Gasteiger partial charge in [-0.3, -0.25) is 4.99 Å². The third-order valence-corrected chi connectivity index (χ3v) is 1.71. The van der Waals surface area contributed by atoms with Crippen molar-refractivity contribution in [3.05, 3.63) is 47.5 Å². The molecule has 1 rings (SSSR count). The molecule has 2 heteroatoms. The highest BCUT2D eigenvalue weighted by atomic mass is 35.5. The van der Waals surface area contributed by atoms with E-state index in [1.165, 1.54) is 0 Å². The minimum Gasteiger partial charge on any atom is -0.288 e. The number of nitrogens with zero attached hydrogens (tertiary/aromatic N) is 1. The summed E-state index contributed by atoms with van der Waals surface area (Å²) in [4.78, 5) is 4.09. The van der Waals surface area contributed by atoms with Crippen molar-refractivity contribution >= 4 is 17.8 Å². The second kappa shape index (κ2) is 4.73. The monoisotopic (exact) mass is 179 g/mol. The zero-order chi connectivity index (χ0) is 8.81. The van der Waals surface area contributed by atoms with Crippen molar-refractivity contribution in [3.8, 4) is 0 Å². The van der Waals surface area contributed by atoms with Gasteiger partial charge in [-0.1, -0.05) is 35.9 Å². The number of hydrogen-bond acceptors (Lipinski definition) is 1. The summed E-state index contributed by atoms with van der Waals surface area (Å²) in [6, 6.07) is 7.60. The van der Waals surface area contributed by atoms with E-state index < -0.39 is 0 Å². The Balaban J connectivity index is 2.74. The number of rotatable bonds is 3. The van der Waals surface area contributed by atoms with E-state index in [1.54, 1.807) is 12.3 Å². The van der Waals surface area contributed by atoms with Crippen LogP contribution in [0.15, 0.2) is 41.9 Å². The Kier molecular flexibility index (Phi) is 3.55. The van der Waals surface area contributed by atoms with Crippen molar-refractivity contribution in [2.45, 2.75) is 0 Å². The zero-order valence-corrected chi connectivity index (χ0v) is 7.46. The molecule has 1 aromatic carbocycles. The Morgan fingerprint density at radius 1 is 1.42 bits per heavy atom. The number of hydrogen-bond donors (Lipinski definition) is 0. The molecule has 0 N–H and O–H groups in total. The lowest BCUT2D eigenvalue weighted by molar-refractivity contribution is 1.26. The summed E-state index contributed by atoms with van der Waals surface area (Å²) >= 11 is 5.89. The maximum atomic E-state index is 5.89. The molecule has 0 atom stereocenters. The fourth-order valence-corrected chi connectivity index (χ4v) is 0.990. The van der Waals surface area contributed by atoms with Gasteiger partial charge in [0.1, 0.15) is 0 Å².